The molecule has 0 saturated carbocycles. The van der Waals surface area contributed by atoms with Crippen molar-refractivity contribution in [3.8, 4) is 0 Å². The topological polar surface area (TPSA) is 59.1 Å². The Bertz CT molecular complexity index is 597. The van der Waals surface area contributed by atoms with Crippen LogP contribution in [0.3, 0.4) is 0 Å². The van der Waals surface area contributed by atoms with Crippen LogP contribution in [0.1, 0.15) is 20.8 Å². The van der Waals surface area contributed by atoms with Gasteiger partial charge in [-0.05, 0) is 35.9 Å². The predicted octanol–water partition coefficient (Wildman–Crippen LogP) is 2.91. The lowest BCUT2D eigenvalue weighted by atomic mass is 10.2. The minimum absolute atomic E-state index is 0.0797. The molecule has 7 heteroatoms. The molecule has 1 aromatic carbocycles. The Kier molecular flexibility index (Phi) is 3.69. The summed E-state index contributed by atoms with van der Waals surface area (Å²) in [7, 11) is 0. The number of carbonyl (C=O) groups excluding carboxylic acids is 2. The summed E-state index contributed by atoms with van der Waals surface area (Å²) in [5.74, 6) is -0.853. The number of nitrogens with one attached hydrogen (secondary N) is 1. The second kappa shape index (κ2) is 5.24. The Hall–Kier alpha value is -1.79. The van der Waals surface area contributed by atoms with Gasteiger partial charge >= 0.3 is 0 Å². The van der Waals surface area contributed by atoms with Crippen LogP contribution in [0.15, 0.2) is 29.6 Å². The zero-order chi connectivity index (χ0) is 13.1. The molecule has 1 aromatic heterocycles. The quantitative estimate of drug-likeness (QED) is 0.882. The monoisotopic (exact) mass is 284 g/mol. The van der Waals surface area contributed by atoms with Gasteiger partial charge in [-0.25, -0.2) is 9.37 Å². The van der Waals surface area contributed by atoms with Crippen molar-refractivity contribution in [3.05, 3.63) is 46.7 Å². The maximum atomic E-state index is 12.7. The third-order valence-corrected chi connectivity index (χ3v) is 2.98. The van der Waals surface area contributed by atoms with E-state index in [0.717, 1.165) is 11.3 Å². The standard InChI is InChI=1S/C11H6ClFN2O2S/c12-9(16)8-5-18-11(14-8)15-10(17)6-1-3-7(13)4-2-6/h1-5H,(H,14,15,17). The lowest BCUT2D eigenvalue weighted by Gasteiger charge is -2.00. The lowest BCUT2D eigenvalue weighted by Crippen LogP contribution is -2.11. The van der Waals surface area contributed by atoms with E-state index in [1.54, 1.807) is 0 Å². The van der Waals surface area contributed by atoms with Gasteiger partial charge in [0, 0.05) is 10.9 Å². The molecule has 18 heavy (non-hydrogen) atoms. The molecule has 0 spiro atoms. The molecular formula is C11H6ClFN2O2S. The Morgan fingerprint density at radius 3 is 2.50 bits per heavy atom. The number of benzene rings is 1. The van der Waals surface area contributed by atoms with Gasteiger partial charge in [0.2, 0.25) is 0 Å². The first-order valence-electron chi connectivity index (χ1n) is 4.78. The summed E-state index contributed by atoms with van der Waals surface area (Å²) in [5.41, 5.74) is 0.376. The van der Waals surface area contributed by atoms with Crippen LogP contribution < -0.4 is 5.32 Å². The molecule has 4 nitrogen and oxygen atoms in total. The number of carbonyl (C=O) groups is 2. The van der Waals surface area contributed by atoms with Gasteiger partial charge in [0.1, 0.15) is 11.5 Å². The highest BCUT2D eigenvalue weighted by atomic mass is 35.5. The second-order valence-corrected chi connectivity index (χ2v) is 4.47. The van der Waals surface area contributed by atoms with Gasteiger partial charge in [0.05, 0.1) is 0 Å². The van der Waals surface area contributed by atoms with Crippen LogP contribution in [-0.2, 0) is 0 Å². The van der Waals surface area contributed by atoms with Crippen LogP contribution in [0.5, 0.6) is 0 Å². The van der Waals surface area contributed by atoms with Crippen molar-refractivity contribution in [2.75, 3.05) is 5.32 Å². The maximum absolute atomic E-state index is 12.7. The largest absolute Gasteiger partial charge is 0.298 e. The summed E-state index contributed by atoms with van der Waals surface area (Å²) in [5, 5.41) is 3.50. The molecular weight excluding hydrogens is 279 g/mol. The van der Waals surface area contributed by atoms with E-state index in [1.165, 1.54) is 29.6 Å². The van der Waals surface area contributed by atoms with Gasteiger partial charge < -0.3 is 0 Å². The first-order chi connectivity index (χ1) is 8.56. The van der Waals surface area contributed by atoms with E-state index in [0.29, 0.717) is 5.56 Å². The molecule has 0 radical (unpaired) electrons. The van der Waals surface area contributed by atoms with Gasteiger partial charge in [-0.2, -0.15) is 0 Å². The maximum Gasteiger partial charge on any atom is 0.271 e. The van der Waals surface area contributed by atoms with E-state index in [1.807, 2.05) is 0 Å². The van der Waals surface area contributed by atoms with Crippen LogP contribution in [0.4, 0.5) is 9.52 Å². The van der Waals surface area contributed by atoms with Gasteiger partial charge in [0.15, 0.2) is 5.13 Å². The summed E-state index contributed by atoms with van der Waals surface area (Å²) in [6.07, 6.45) is 0. The molecule has 0 aliphatic rings. The minimum Gasteiger partial charge on any atom is -0.298 e. The molecule has 0 bridgehead atoms. The molecule has 0 atom stereocenters. The van der Waals surface area contributed by atoms with Gasteiger partial charge in [0.25, 0.3) is 11.1 Å². The Morgan fingerprint density at radius 1 is 1.28 bits per heavy atom. The molecule has 2 rings (SSSR count). The Balaban J connectivity index is 2.11. The summed E-state index contributed by atoms with van der Waals surface area (Å²) in [6, 6.07) is 5.08. The van der Waals surface area contributed by atoms with E-state index in [2.05, 4.69) is 10.3 Å². The number of aromatic nitrogens is 1. The first kappa shape index (κ1) is 12.7. The average Bonchev–Trinajstić information content (AvgIpc) is 2.78. The third kappa shape index (κ3) is 2.91. The van der Waals surface area contributed by atoms with Crippen molar-refractivity contribution in [1.29, 1.82) is 0 Å². The number of hydrogen-bond acceptors (Lipinski definition) is 4. The van der Waals surface area contributed by atoms with E-state index in [9.17, 15) is 14.0 Å². The molecule has 1 amide bonds. The number of halogens is 2. The molecule has 92 valence electrons. The zero-order valence-electron chi connectivity index (χ0n) is 8.81. The van der Waals surface area contributed by atoms with Crippen molar-refractivity contribution in [2.45, 2.75) is 0 Å². The highest BCUT2D eigenvalue weighted by molar-refractivity contribution is 7.14. The minimum atomic E-state index is -0.687. The van der Waals surface area contributed by atoms with Crippen molar-refractivity contribution < 1.29 is 14.0 Å². The van der Waals surface area contributed by atoms with Gasteiger partial charge in [-0.1, -0.05) is 0 Å². The van der Waals surface area contributed by atoms with Gasteiger partial charge in [-0.15, -0.1) is 11.3 Å². The lowest BCUT2D eigenvalue weighted by molar-refractivity contribution is 0.102. The molecule has 0 unspecified atom stereocenters. The van der Waals surface area contributed by atoms with Crippen LogP contribution in [-0.4, -0.2) is 16.1 Å². The molecule has 1 heterocycles. The normalized spacial score (nSPS) is 10.1. The SMILES string of the molecule is O=C(Nc1nc(C(=O)Cl)cs1)c1ccc(F)cc1. The number of anilines is 1. The number of nitrogens with zero attached hydrogens (tertiary/aromatic N) is 1. The van der Waals surface area contributed by atoms with Crippen molar-refractivity contribution >= 4 is 39.2 Å². The number of hydrogen-bond donors (Lipinski definition) is 1. The van der Waals surface area contributed by atoms with E-state index in [-0.39, 0.29) is 10.8 Å². The van der Waals surface area contributed by atoms with Crippen molar-refractivity contribution in [3.63, 3.8) is 0 Å². The molecule has 0 aliphatic heterocycles. The van der Waals surface area contributed by atoms with Crippen LogP contribution in [0.25, 0.3) is 0 Å². The molecule has 0 saturated heterocycles. The summed E-state index contributed by atoms with van der Waals surface area (Å²) in [4.78, 5) is 26.4. The molecule has 0 fully saturated rings. The summed E-state index contributed by atoms with van der Waals surface area (Å²) >= 11 is 6.32. The fraction of sp³-hybridized carbons (Fsp3) is 0. The Labute approximate surface area is 110 Å². The number of rotatable bonds is 3. The number of amides is 1. The molecule has 1 N–H and O–H groups in total. The highest BCUT2D eigenvalue weighted by Crippen LogP contribution is 2.17. The molecule has 0 aliphatic carbocycles. The van der Waals surface area contributed by atoms with Gasteiger partial charge in [-0.3, -0.25) is 14.9 Å². The third-order valence-electron chi connectivity index (χ3n) is 2.03. The van der Waals surface area contributed by atoms with Crippen LogP contribution in [0, 0.1) is 5.82 Å². The average molecular weight is 285 g/mol. The fourth-order valence-corrected chi connectivity index (χ4v) is 2.04. The Morgan fingerprint density at radius 2 is 1.94 bits per heavy atom. The molecule has 2 aromatic rings. The highest BCUT2D eigenvalue weighted by Gasteiger charge is 2.11. The van der Waals surface area contributed by atoms with E-state index < -0.39 is 17.0 Å². The first-order valence-corrected chi connectivity index (χ1v) is 6.04. The van der Waals surface area contributed by atoms with E-state index >= 15 is 0 Å². The van der Waals surface area contributed by atoms with Crippen molar-refractivity contribution in [1.82, 2.24) is 4.98 Å². The smallest absolute Gasteiger partial charge is 0.271 e. The van der Waals surface area contributed by atoms with Crippen molar-refractivity contribution in [2.24, 2.45) is 0 Å². The van der Waals surface area contributed by atoms with E-state index in [4.69, 9.17) is 11.6 Å². The van der Waals surface area contributed by atoms with Crippen LogP contribution >= 0.6 is 22.9 Å². The zero-order valence-corrected chi connectivity index (χ0v) is 10.4. The predicted molar refractivity (Wildman–Crippen MR) is 66.7 cm³/mol. The fourth-order valence-electron chi connectivity index (χ4n) is 1.19. The number of thiazole rings is 1. The second-order valence-electron chi connectivity index (χ2n) is 3.27. The summed E-state index contributed by atoms with van der Waals surface area (Å²) < 4.78 is 12.7. The van der Waals surface area contributed by atoms with Crippen LogP contribution in [0.2, 0.25) is 0 Å². The summed E-state index contributed by atoms with van der Waals surface area (Å²) in [6.45, 7) is 0.